The average Bonchev–Trinajstić information content (AvgIpc) is 1.50. The number of fused-ring (bicyclic) bond motifs is 24. The molecular formula is C122H80N4S2. The zero-order chi connectivity index (χ0) is 84.4. The third kappa shape index (κ3) is 11.8. The average molecular weight is 1670 g/mol. The molecule has 26 rings (SSSR count). The van der Waals surface area contributed by atoms with Crippen molar-refractivity contribution in [2.45, 2.75) is 10.8 Å². The molecule has 22 aromatic rings. The summed E-state index contributed by atoms with van der Waals surface area (Å²) in [5.41, 5.74) is 37.8. The van der Waals surface area contributed by atoms with Crippen LogP contribution in [0.3, 0.4) is 0 Å². The molecule has 4 nitrogen and oxygen atoms in total. The minimum absolute atomic E-state index is 0.512. The van der Waals surface area contributed by atoms with Crippen molar-refractivity contribution in [2.24, 2.45) is 0 Å². The lowest BCUT2D eigenvalue weighted by molar-refractivity contribution is 0.752. The van der Waals surface area contributed by atoms with Crippen molar-refractivity contribution in [2.75, 3.05) is 19.6 Å². The predicted octanol–water partition coefficient (Wildman–Crippen LogP) is 34.0. The lowest BCUT2D eigenvalue weighted by atomic mass is 9.64. The quantitative estimate of drug-likeness (QED) is 0.121. The first-order valence-electron chi connectivity index (χ1n) is 44.0. The largest absolute Gasteiger partial charge is 0.310 e. The molecule has 0 saturated carbocycles. The van der Waals surface area contributed by atoms with Crippen LogP contribution in [0, 0.1) is 0 Å². The molecule has 2 spiro atoms. The van der Waals surface area contributed by atoms with E-state index in [0.29, 0.717) is 0 Å². The van der Waals surface area contributed by atoms with E-state index in [1.807, 2.05) is 22.7 Å². The Hall–Kier alpha value is -16.0. The van der Waals surface area contributed by atoms with E-state index in [0.717, 1.165) is 45.5 Å². The third-order valence-electron chi connectivity index (χ3n) is 26.9. The Morgan fingerprint density at radius 3 is 0.906 bits per heavy atom. The van der Waals surface area contributed by atoms with E-state index >= 15 is 0 Å². The van der Waals surface area contributed by atoms with Gasteiger partial charge in [-0.2, -0.15) is 0 Å². The van der Waals surface area contributed by atoms with E-state index in [9.17, 15) is 0 Å². The highest BCUT2D eigenvalue weighted by atomic mass is 32.1. The second kappa shape index (κ2) is 30.5. The molecule has 4 heterocycles. The zero-order valence-electron chi connectivity index (χ0n) is 69.8. The fraction of sp³-hybridized carbons (Fsp3) is 0.0164. The second-order valence-electron chi connectivity index (χ2n) is 33.6. The summed E-state index contributed by atoms with van der Waals surface area (Å²) in [6.45, 7) is 0. The van der Waals surface area contributed by atoms with Crippen LogP contribution in [-0.2, 0) is 10.8 Å². The van der Waals surface area contributed by atoms with Crippen molar-refractivity contribution in [3.8, 4) is 66.8 Å². The first-order chi connectivity index (χ1) is 63.5. The Balaban J connectivity index is 0.000000139. The summed E-state index contributed by atoms with van der Waals surface area (Å²) in [4.78, 5) is 9.72. The highest BCUT2D eigenvalue weighted by Crippen LogP contribution is 2.67. The summed E-state index contributed by atoms with van der Waals surface area (Å²) in [6, 6.07) is 179. The van der Waals surface area contributed by atoms with Gasteiger partial charge in [-0.3, -0.25) is 0 Å². The van der Waals surface area contributed by atoms with E-state index in [-0.39, 0.29) is 0 Å². The number of rotatable bonds is 12. The van der Waals surface area contributed by atoms with Gasteiger partial charge in [0.25, 0.3) is 0 Å². The maximum Gasteiger partial charge on any atom is 0.0754 e. The first kappa shape index (κ1) is 74.6. The molecule has 0 amide bonds. The smallest absolute Gasteiger partial charge is 0.0754 e. The molecule has 2 aliphatic heterocycles. The third-order valence-corrected chi connectivity index (χ3v) is 29.3. The maximum atomic E-state index is 2.44. The van der Waals surface area contributed by atoms with Crippen molar-refractivity contribution in [3.63, 3.8) is 0 Å². The summed E-state index contributed by atoms with van der Waals surface area (Å²) in [5.74, 6) is 0. The van der Waals surface area contributed by atoms with E-state index < -0.39 is 10.8 Å². The summed E-state index contributed by atoms with van der Waals surface area (Å²) in [7, 11) is 0. The van der Waals surface area contributed by atoms with Gasteiger partial charge in [0, 0.05) is 85.8 Å². The number of hydrogen-bond donors (Lipinski definition) is 0. The Labute approximate surface area is 752 Å². The van der Waals surface area contributed by atoms with Crippen LogP contribution in [0.4, 0.5) is 68.2 Å². The second-order valence-corrected chi connectivity index (χ2v) is 35.8. The molecule has 0 saturated heterocycles. The Bertz CT molecular complexity index is 7960. The molecule has 0 fully saturated rings. The van der Waals surface area contributed by atoms with Crippen LogP contribution in [0.5, 0.6) is 0 Å². The van der Waals surface area contributed by atoms with E-state index in [1.165, 1.54) is 174 Å². The van der Waals surface area contributed by atoms with Gasteiger partial charge in [-0.05, 0) is 257 Å². The van der Waals surface area contributed by atoms with Crippen LogP contribution >= 0.6 is 22.7 Å². The number of hydrogen-bond acceptors (Lipinski definition) is 6. The minimum atomic E-state index is -0.514. The van der Waals surface area contributed by atoms with Gasteiger partial charge in [0.15, 0.2) is 0 Å². The highest BCUT2D eigenvalue weighted by Gasteiger charge is 2.54. The number of thiophene rings is 2. The molecular weight excluding hydrogens is 1590 g/mol. The van der Waals surface area contributed by atoms with Crippen molar-refractivity contribution in [1.82, 2.24) is 0 Å². The summed E-state index contributed by atoms with van der Waals surface area (Å²) in [6.07, 6.45) is 0. The molecule has 128 heavy (non-hydrogen) atoms. The van der Waals surface area contributed by atoms with E-state index in [1.54, 1.807) is 0 Å². The van der Waals surface area contributed by atoms with Gasteiger partial charge in [-0.1, -0.05) is 340 Å². The first-order valence-corrected chi connectivity index (χ1v) is 45.6. The summed E-state index contributed by atoms with van der Waals surface area (Å²) < 4.78 is 5.29. The molecule has 20 aromatic carbocycles. The molecule has 4 aliphatic rings. The van der Waals surface area contributed by atoms with E-state index in [4.69, 9.17) is 0 Å². The SMILES string of the molecule is c1ccc(-c2ccc(N(c3ccc(-c4ccc5sc6ccccc6c5c4)cc3)c3ccc4c(c3)-c3ccccc3C43c4ccccc4N(c4ccccc4)c4ccccc43)cc2)cc1.c1ccc(-c2ccc(N(c3ccc(-c4cccc5c4sc4ccccc45)cc3)c3ccc4c(c3)-c3ccccc3C43c4ccccc4N(c4ccccc4)c4ccccc43)cc2)cc1. The predicted molar refractivity (Wildman–Crippen MR) is 541 cm³/mol. The Morgan fingerprint density at radius 2 is 0.469 bits per heavy atom. The standard InChI is InChI=1S/2C61H40N2S/c1-3-16-41(17-4-1)42-30-34-45(35-31-42)62(46-36-32-43(33-37-46)48-22-15-23-51-50-21-8-14-29-59(50)64-60(48)51)47-38-39-54-52(40-47)49-20-7-9-24-53(49)61(54)55-25-10-12-27-57(55)63(44-18-5-2-6-19-44)58-28-13-11-26-56(58)61;1-3-15-41(16-4-1)42-27-32-46(33-28-42)62(47-34-29-43(30-35-47)44-31-38-60-52(39-44)50-20-8-14-26-59(50)64-60)48-36-37-54-51(40-48)49-19-7-9-21-53(49)61(54)55-22-10-12-24-57(55)63(45-17-5-2-6-18-45)58-25-13-11-23-56(58)61/h2*1-40H. The van der Waals surface area contributed by atoms with Crippen LogP contribution < -0.4 is 19.6 Å². The summed E-state index contributed by atoms with van der Waals surface area (Å²) in [5, 5.41) is 5.27. The molecule has 6 heteroatoms. The van der Waals surface area contributed by atoms with Gasteiger partial charge in [0.05, 0.1) is 33.6 Å². The topological polar surface area (TPSA) is 13.0 Å². The van der Waals surface area contributed by atoms with Crippen LogP contribution in [-0.4, -0.2) is 0 Å². The Kier molecular flexibility index (Phi) is 17.8. The summed E-state index contributed by atoms with van der Waals surface area (Å²) >= 11 is 3.74. The fourth-order valence-corrected chi connectivity index (χ4v) is 23.7. The van der Waals surface area contributed by atoms with Crippen LogP contribution in [0.2, 0.25) is 0 Å². The molecule has 0 radical (unpaired) electrons. The number of anilines is 12. The molecule has 2 aromatic heterocycles. The van der Waals surface area contributed by atoms with Gasteiger partial charge in [-0.25, -0.2) is 0 Å². The molecule has 0 N–H and O–H groups in total. The van der Waals surface area contributed by atoms with Gasteiger partial charge < -0.3 is 19.6 Å². The number of benzene rings is 20. The van der Waals surface area contributed by atoms with Crippen molar-refractivity contribution >= 4 is 131 Å². The molecule has 0 bridgehead atoms. The normalized spacial score (nSPS) is 13.1. The van der Waals surface area contributed by atoms with Gasteiger partial charge in [0.2, 0.25) is 0 Å². The van der Waals surface area contributed by atoms with Crippen molar-refractivity contribution in [3.05, 3.63) is 530 Å². The van der Waals surface area contributed by atoms with Crippen LogP contribution in [0.25, 0.3) is 107 Å². The molecule has 0 unspecified atom stereocenters. The fourth-order valence-electron chi connectivity index (χ4n) is 21.4. The highest BCUT2D eigenvalue weighted by molar-refractivity contribution is 7.26. The van der Waals surface area contributed by atoms with Crippen LogP contribution in [0.1, 0.15) is 44.5 Å². The van der Waals surface area contributed by atoms with E-state index in [2.05, 4.69) is 505 Å². The number of nitrogens with zero attached hydrogens (tertiary/aromatic N) is 4. The van der Waals surface area contributed by atoms with Crippen molar-refractivity contribution < 1.29 is 0 Å². The maximum absolute atomic E-state index is 2.44. The molecule has 600 valence electrons. The monoisotopic (exact) mass is 1660 g/mol. The zero-order valence-corrected chi connectivity index (χ0v) is 71.4. The number of para-hydroxylation sites is 6. The molecule has 2 aliphatic carbocycles. The van der Waals surface area contributed by atoms with Crippen LogP contribution in [0.15, 0.2) is 485 Å². The van der Waals surface area contributed by atoms with Gasteiger partial charge in [-0.15, -0.1) is 22.7 Å². The molecule has 0 atom stereocenters. The Morgan fingerprint density at radius 1 is 0.172 bits per heavy atom. The lowest BCUT2D eigenvalue weighted by Gasteiger charge is -2.45. The minimum Gasteiger partial charge on any atom is -0.310 e. The lowest BCUT2D eigenvalue weighted by Crippen LogP contribution is -2.36. The van der Waals surface area contributed by atoms with Crippen molar-refractivity contribution in [1.29, 1.82) is 0 Å². The van der Waals surface area contributed by atoms with Gasteiger partial charge >= 0.3 is 0 Å². The van der Waals surface area contributed by atoms with Gasteiger partial charge in [0.1, 0.15) is 0 Å².